The van der Waals surface area contributed by atoms with Crippen LogP contribution in [-0.4, -0.2) is 60.3 Å². The Morgan fingerprint density at radius 2 is 1.88 bits per heavy atom. The Morgan fingerprint density at radius 1 is 1.12 bits per heavy atom. The summed E-state index contributed by atoms with van der Waals surface area (Å²) in [5.74, 6) is 0.333. The van der Waals surface area contributed by atoms with Gasteiger partial charge in [0.05, 0.1) is 32.0 Å². The van der Waals surface area contributed by atoms with Crippen LogP contribution < -0.4 is 4.74 Å². The van der Waals surface area contributed by atoms with Crippen molar-refractivity contribution < 1.29 is 19.1 Å². The molecule has 2 aromatic rings. The van der Waals surface area contributed by atoms with Gasteiger partial charge >= 0.3 is 5.97 Å². The standard InChI is InChI=1S/C26H30ClN3O4/c1-3-34-26(32)23-10-6-7-15-29(23)17-25(31)30-24(20-8-4-5-9-21(20)27)16-22(28-30)18-11-13-19(33-2)14-12-18/h4-5,8-9,11-14,23-24H,3,6-7,10,15-17H2,1-2H3/t23-,24-/m1/s1. The minimum absolute atomic E-state index is 0.101. The van der Waals surface area contributed by atoms with Gasteiger partial charge in [0.15, 0.2) is 0 Å². The molecule has 2 heterocycles. The molecule has 180 valence electrons. The van der Waals surface area contributed by atoms with Crippen LogP contribution in [0.1, 0.15) is 49.8 Å². The monoisotopic (exact) mass is 483 g/mol. The zero-order valence-corrected chi connectivity index (χ0v) is 20.3. The fraction of sp³-hybridized carbons (Fsp3) is 0.423. The van der Waals surface area contributed by atoms with E-state index in [9.17, 15) is 9.59 Å². The molecule has 7 nitrogen and oxygen atoms in total. The molecule has 0 saturated carbocycles. The maximum atomic E-state index is 13.6. The number of esters is 1. The maximum absolute atomic E-state index is 13.6. The molecule has 1 saturated heterocycles. The Kier molecular flexibility index (Phi) is 7.85. The molecule has 2 aliphatic rings. The summed E-state index contributed by atoms with van der Waals surface area (Å²) in [5.41, 5.74) is 2.59. The molecule has 1 fully saturated rings. The lowest BCUT2D eigenvalue weighted by Crippen LogP contribution is -2.49. The van der Waals surface area contributed by atoms with E-state index >= 15 is 0 Å². The highest BCUT2D eigenvalue weighted by atomic mass is 35.5. The first-order chi connectivity index (χ1) is 16.5. The fourth-order valence-corrected chi connectivity index (χ4v) is 4.88. The summed E-state index contributed by atoms with van der Waals surface area (Å²) in [6.07, 6.45) is 3.13. The van der Waals surface area contributed by atoms with E-state index in [1.165, 1.54) is 5.01 Å². The van der Waals surface area contributed by atoms with Gasteiger partial charge < -0.3 is 9.47 Å². The van der Waals surface area contributed by atoms with E-state index in [4.69, 9.17) is 26.2 Å². The average molecular weight is 484 g/mol. The van der Waals surface area contributed by atoms with Crippen molar-refractivity contribution >= 4 is 29.2 Å². The Morgan fingerprint density at radius 3 is 2.59 bits per heavy atom. The van der Waals surface area contributed by atoms with Crippen LogP contribution >= 0.6 is 11.6 Å². The molecule has 1 amide bonds. The summed E-state index contributed by atoms with van der Waals surface area (Å²) >= 11 is 6.52. The van der Waals surface area contributed by atoms with Crippen LogP contribution in [0.4, 0.5) is 0 Å². The molecule has 0 unspecified atom stereocenters. The highest BCUT2D eigenvalue weighted by molar-refractivity contribution is 6.31. The van der Waals surface area contributed by atoms with E-state index in [0.717, 1.165) is 35.4 Å². The summed E-state index contributed by atoms with van der Waals surface area (Å²) in [5, 5.41) is 6.88. The average Bonchev–Trinajstić information content (AvgIpc) is 3.30. The molecule has 0 aliphatic carbocycles. The largest absolute Gasteiger partial charge is 0.497 e. The molecule has 0 aromatic heterocycles. The third kappa shape index (κ3) is 5.26. The summed E-state index contributed by atoms with van der Waals surface area (Å²) in [6.45, 7) is 2.90. The molecule has 0 N–H and O–H groups in total. The normalized spacial score (nSPS) is 20.7. The van der Waals surface area contributed by atoms with Crippen molar-refractivity contribution in [2.24, 2.45) is 5.10 Å². The predicted octanol–water partition coefficient (Wildman–Crippen LogP) is 4.44. The van der Waals surface area contributed by atoms with E-state index in [2.05, 4.69) is 0 Å². The van der Waals surface area contributed by atoms with Crippen molar-refractivity contribution in [3.8, 4) is 5.75 Å². The molecular formula is C26H30ClN3O4. The van der Waals surface area contributed by atoms with Crippen molar-refractivity contribution in [1.82, 2.24) is 9.91 Å². The maximum Gasteiger partial charge on any atom is 0.323 e. The molecule has 0 radical (unpaired) electrons. The molecule has 34 heavy (non-hydrogen) atoms. The number of halogens is 1. The number of hydrogen-bond acceptors (Lipinski definition) is 6. The zero-order valence-electron chi connectivity index (χ0n) is 19.6. The summed E-state index contributed by atoms with van der Waals surface area (Å²) in [6, 6.07) is 14.5. The van der Waals surface area contributed by atoms with Crippen LogP contribution in [0.2, 0.25) is 5.02 Å². The number of ether oxygens (including phenoxy) is 2. The number of piperidine rings is 1. The lowest BCUT2D eigenvalue weighted by atomic mass is 9.98. The quantitative estimate of drug-likeness (QED) is 0.544. The summed E-state index contributed by atoms with van der Waals surface area (Å²) in [7, 11) is 1.63. The second kappa shape index (κ2) is 11.0. The van der Waals surface area contributed by atoms with Crippen LogP contribution in [-0.2, 0) is 14.3 Å². The SMILES string of the molecule is CCOC(=O)[C@H]1CCCCN1CC(=O)N1N=C(c2ccc(OC)cc2)C[C@@H]1c1ccccc1Cl. The van der Waals surface area contributed by atoms with Crippen molar-refractivity contribution in [1.29, 1.82) is 0 Å². The third-order valence-electron chi connectivity index (χ3n) is 6.36. The van der Waals surface area contributed by atoms with Crippen molar-refractivity contribution in [3.05, 3.63) is 64.7 Å². The molecule has 2 aromatic carbocycles. The Labute approximate surface area is 205 Å². The lowest BCUT2D eigenvalue weighted by molar-refractivity contribution is -0.152. The lowest BCUT2D eigenvalue weighted by Gasteiger charge is -2.34. The number of carbonyl (C=O) groups is 2. The molecule has 0 spiro atoms. The van der Waals surface area contributed by atoms with Crippen LogP contribution in [0.25, 0.3) is 0 Å². The molecule has 2 atom stereocenters. The predicted molar refractivity (Wildman–Crippen MR) is 131 cm³/mol. The number of benzene rings is 2. The van der Waals surface area contributed by atoms with Gasteiger partial charge in [0.25, 0.3) is 5.91 Å². The van der Waals surface area contributed by atoms with Gasteiger partial charge in [-0.1, -0.05) is 36.2 Å². The van der Waals surface area contributed by atoms with Gasteiger partial charge in [-0.3, -0.25) is 14.5 Å². The number of amides is 1. The first kappa shape index (κ1) is 24.2. The van der Waals surface area contributed by atoms with Gasteiger partial charge in [0.2, 0.25) is 0 Å². The van der Waals surface area contributed by atoms with Gasteiger partial charge in [-0.05, 0) is 67.8 Å². The first-order valence-electron chi connectivity index (χ1n) is 11.7. The molecule has 0 bridgehead atoms. The molecule has 4 rings (SSSR count). The minimum Gasteiger partial charge on any atom is -0.497 e. The number of likely N-dealkylation sites (tertiary alicyclic amines) is 1. The van der Waals surface area contributed by atoms with E-state index in [-0.39, 0.29) is 24.5 Å². The highest BCUT2D eigenvalue weighted by Crippen LogP contribution is 2.36. The van der Waals surface area contributed by atoms with Crippen LogP contribution in [0, 0.1) is 0 Å². The number of hydrazone groups is 1. The van der Waals surface area contributed by atoms with E-state index in [1.807, 2.05) is 53.4 Å². The summed E-state index contributed by atoms with van der Waals surface area (Å²) < 4.78 is 10.5. The van der Waals surface area contributed by atoms with Crippen molar-refractivity contribution in [2.45, 2.75) is 44.7 Å². The van der Waals surface area contributed by atoms with Crippen LogP contribution in [0.3, 0.4) is 0 Å². The number of carbonyl (C=O) groups excluding carboxylic acids is 2. The van der Waals surface area contributed by atoms with Gasteiger partial charge in [-0.25, -0.2) is 5.01 Å². The first-order valence-corrected chi connectivity index (χ1v) is 12.1. The van der Waals surface area contributed by atoms with Crippen molar-refractivity contribution in [3.63, 3.8) is 0 Å². The summed E-state index contributed by atoms with van der Waals surface area (Å²) in [4.78, 5) is 28.0. The molecule has 8 heteroatoms. The second-order valence-electron chi connectivity index (χ2n) is 8.49. The van der Waals surface area contributed by atoms with Gasteiger partial charge in [-0.15, -0.1) is 0 Å². The number of hydrogen-bond donors (Lipinski definition) is 0. The number of nitrogens with zero attached hydrogens (tertiary/aromatic N) is 3. The Bertz CT molecular complexity index is 1060. The third-order valence-corrected chi connectivity index (χ3v) is 6.71. The number of methoxy groups -OCH3 is 1. The van der Waals surface area contributed by atoms with Gasteiger partial charge in [-0.2, -0.15) is 5.10 Å². The van der Waals surface area contributed by atoms with Gasteiger partial charge in [0.1, 0.15) is 11.8 Å². The zero-order chi connectivity index (χ0) is 24.1. The smallest absolute Gasteiger partial charge is 0.323 e. The fourth-order valence-electron chi connectivity index (χ4n) is 4.62. The minimum atomic E-state index is -0.399. The highest BCUT2D eigenvalue weighted by Gasteiger charge is 2.37. The topological polar surface area (TPSA) is 71.4 Å². The molecule has 2 aliphatic heterocycles. The Hall–Kier alpha value is -2.90. The molecular weight excluding hydrogens is 454 g/mol. The van der Waals surface area contributed by atoms with Gasteiger partial charge in [0, 0.05) is 11.4 Å². The van der Waals surface area contributed by atoms with E-state index in [0.29, 0.717) is 31.0 Å². The number of rotatable bonds is 7. The second-order valence-corrected chi connectivity index (χ2v) is 8.90. The Balaban J connectivity index is 1.60. The van der Waals surface area contributed by atoms with Crippen molar-refractivity contribution in [2.75, 3.05) is 26.8 Å². The van der Waals surface area contributed by atoms with E-state index < -0.39 is 6.04 Å². The van der Waals surface area contributed by atoms with E-state index in [1.54, 1.807) is 14.0 Å². The van der Waals surface area contributed by atoms with Crippen LogP contribution in [0.15, 0.2) is 53.6 Å². The van der Waals surface area contributed by atoms with Crippen LogP contribution in [0.5, 0.6) is 5.75 Å².